The average molecular weight is 378 g/mol. The number of rotatable bonds is 7. The van der Waals surface area contributed by atoms with Crippen molar-refractivity contribution in [1.29, 1.82) is 0 Å². The second-order valence-corrected chi connectivity index (χ2v) is 8.11. The molecule has 0 bridgehead atoms. The molecule has 2 aliphatic rings. The Hall–Kier alpha value is -1.44. The van der Waals surface area contributed by atoms with E-state index < -0.39 is 0 Å². The molecule has 7 nitrogen and oxygen atoms in total. The van der Waals surface area contributed by atoms with Gasteiger partial charge in [0, 0.05) is 76.8 Å². The van der Waals surface area contributed by atoms with Crippen molar-refractivity contribution in [3.63, 3.8) is 0 Å². The van der Waals surface area contributed by atoms with Crippen LogP contribution in [0.4, 0.5) is 0 Å². The van der Waals surface area contributed by atoms with Crippen LogP contribution in [0, 0.1) is 12.8 Å². The van der Waals surface area contributed by atoms with Gasteiger partial charge >= 0.3 is 0 Å². The van der Waals surface area contributed by atoms with Gasteiger partial charge in [0.1, 0.15) is 0 Å². The van der Waals surface area contributed by atoms with Crippen LogP contribution in [0.3, 0.4) is 0 Å². The molecule has 27 heavy (non-hydrogen) atoms. The van der Waals surface area contributed by atoms with Crippen molar-refractivity contribution in [2.24, 2.45) is 5.92 Å². The molecule has 2 aliphatic heterocycles. The number of likely N-dealkylation sites (tertiary alicyclic amines) is 1. The second-order valence-electron chi connectivity index (χ2n) is 8.11. The minimum absolute atomic E-state index is 0.232. The molecular formula is C20H35N5O2. The minimum Gasteiger partial charge on any atom is -0.396 e. The number of piperidine rings is 1. The van der Waals surface area contributed by atoms with Crippen LogP contribution < -0.4 is 0 Å². The summed E-state index contributed by atoms with van der Waals surface area (Å²) in [6.45, 7) is 9.05. The molecular weight excluding hydrogens is 342 g/mol. The molecule has 0 unspecified atom stereocenters. The predicted octanol–water partition coefficient (Wildman–Crippen LogP) is 0.819. The first-order valence-corrected chi connectivity index (χ1v) is 10.4. The zero-order valence-corrected chi connectivity index (χ0v) is 16.9. The fraction of sp³-hybridized carbons (Fsp3) is 0.800. The number of nitrogens with zero attached hydrogens (tertiary/aromatic N) is 5. The zero-order chi connectivity index (χ0) is 19.2. The number of aryl methyl sites for hydroxylation is 2. The molecule has 152 valence electrons. The second kappa shape index (κ2) is 9.66. The maximum Gasteiger partial charge on any atom is 0.224 e. The van der Waals surface area contributed by atoms with E-state index in [0.717, 1.165) is 64.2 Å². The number of aliphatic hydroxyl groups is 1. The number of likely N-dealkylation sites (N-methyl/N-ethyl adjacent to an activating group) is 1. The SMILES string of the molecule is Cc1ccnn1CCC(=O)N1CC[C@@H](N2CCN(C)CC2)[C@@H](CCCO)C1. The van der Waals surface area contributed by atoms with Gasteiger partial charge in [0.2, 0.25) is 5.91 Å². The molecule has 0 aromatic carbocycles. The molecule has 1 aromatic heterocycles. The third-order valence-corrected chi connectivity index (χ3v) is 6.25. The Labute approximate surface area is 162 Å². The van der Waals surface area contributed by atoms with Crippen molar-refractivity contribution < 1.29 is 9.90 Å². The summed E-state index contributed by atoms with van der Waals surface area (Å²) in [7, 11) is 2.18. The van der Waals surface area contributed by atoms with Crippen LogP contribution in [0.5, 0.6) is 0 Å². The van der Waals surface area contributed by atoms with Gasteiger partial charge in [-0.25, -0.2) is 0 Å². The van der Waals surface area contributed by atoms with Gasteiger partial charge in [-0.05, 0) is 45.2 Å². The minimum atomic E-state index is 0.232. The van der Waals surface area contributed by atoms with Crippen LogP contribution >= 0.6 is 0 Å². The van der Waals surface area contributed by atoms with E-state index in [-0.39, 0.29) is 12.5 Å². The van der Waals surface area contributed by atoms with E-state index in [1.807, 2.05) is 22.6 Å². The Morgan fingerprint density at radius 3 is 2.70 bits per heavy atom. The van der Waals surface area contributed by atoms with Gasteiger partial charge in [0.05, 0.1) is 0 Å². The van der Waals surface area contributed by atoms with E-state index in [1.54, 1.807) is 6.20 Å². The van der Waals surface area contributed by atoms with Crippen LogP contribution in [0.2, 0.25) is 0 Å². The molecule has 1 N–H and O–H groups in total. The first-order valence-electron chi connectivity index (χ1n) is 10.4. The summed E-state index contributed by atoms with van der Waals surface area (Å²) in [5, 5.41) is 13.6. The van der Waals surface area contributed by atoms with E-state index in [4.69, 9.17) is 0 Å². The maximum atomic E-state index is 12.8. The number of piperazine rings is 1. The van der Waals surface area contributed by atoms with Gasteiger partial charge < -0.3 is 14.9 Å². The van der Waals surface area contributed by atoms with Crippen molar-refractivity contribution in [1.82, 2.24) is 24.5 Å². The third kappa shape index (κ3) is 5.30. The topological polar surface area (TPSA) is 64.8 Å². The fourth-order valence-electron chi connectivity index (χ4n) is 4.51. The maximum absolute atomic E-state index is 12.8. The molecule has 0 radical (unpaired) electrons. The van der Waals surface area contributed by atoms with Crippen molar-refractivity contribution in [2.45, 2.75) is 45.2 Å². The Balaban J connectivity index is 1.56. The first kappa shape index (κ1) is 20.3. The van der Waals surface area contributed by atoms with Crippen molar-refractivity contribution >= 4 is 5.91 Å². The normalized spacial score (nSPS) is 25.1. The lowest BCUT2D eigenvalue weighted by Crippen LogP contribution is -2.57. The highest BCUT2D eigenvalue weighted by Gasteiger charge is 2.35. The third-order valence-electron chi connectivity index (χ3n) is 6.25. The molecule has 0 aliphatic carbocycles. The number of carbonyl (C=O) groups excluding carboxylic acids is 1. The Bertz CT molecular complexity index is 597. The molecule has 1 amide bonds. The summed E-state index contributed by atoms with van der Waals surface area (Å²) in [5.74, 6) is 0.695. The monoisotopic (exact) mass is 377 g/mol. The Morgan fingerprint density at radius 2 is 2.04 bits per heavy atom. The summed E-state index contributed by atoms with van der Waals surface area (Å²) in [5.41, 5.74) is 1.09. The first-order chi connectivity index (χ1) is 13.1. The lowest BCUT2D eigenvalue weighted by Gasteiger charge is -2.46. The number of hydrogen-bond donors (Lipinski definition) is 1. The van der Waals surface area contributed by atoms with Crippen LogP contribution in [-0.2, 0) is 11.3 Å². The van der Waals surface area contributed by atoms with E-state index in [1.165, 1.54) is 0 Å². The number of carbonyl (C=O) groups is 1. The fourth-order valence-corrected chi connectivity index (χ4v) is 4.51. The van der Waals surface area contributed by atoms with Crippen LogP contribution in [0.15, 0.2) is 12.3 Å². The van der Waals surface area contributed by atoms with Gasteiger partial charge in [-0.1, -0.05) is 0 Å². The van der Waals surface area contributed by atoms with E-state index in [2.05, 4.69) is 21.9 Å². The number of aliphatic hydroxyl groups excluding tert-OH is 1. The summed E-state index contributed by atoms with van der Waals surface area (Å²) in [6.07, 6.45) is 5.16. The lowest BCUT2D eigenvalue weighted by molar-refractivity contribution is -0.134. The molecule has 7 heteroatoms. The molecule has 0 saturated carbocycles. The molecule has 2 saturated heterocycles. The number of hydrogen-bond acceptors (Lipinski definition) is 5. The van der Waals surface area contributed by atoms with Gasteiger partial charge in [-0.15, -0.1) is 0 Å². The molecule has 2 atom stereocenters. The smallest absolute Gasteiger partial charge is 0.224 e. The average Bonchev–Trinajstić information content (AvgIpc) is 3.10. The van der Waals surface area contributed by atoms with E-state index in [9.17, 15) is 9.90 Å². The quantitative estimate of drug-likeness (QED) is 0.762. The molecule has 3 heterocycles. The Morgan fingerprint density at radius 1 is 1.26 bits per heavy atom. The van der Waals surface area contributed by atoms with Gasteiger partial charge in [-0.2, -0.15) is 5.10 Å². The van der Waals surface area contributed by atoms with E-state index >= 15 is 0 Å². The zero-order valence-electron chi connectivity index (χ0n) is 16.9. The molecule has 1 aromatic rings. The van der Waals surface area contributed by atoms with E-state index in [0.29, 0.717) is 24.9 Å². The van der Waals surface area contributed by atoms with Crippen molar-refractivity contribution in [3.05, 3.63) is 18.0 Å². The largest absolute Gasteiger partial charge is 0.396 e. The van der Waals surface area contributed by atoms with Crippen LogP contribution in [-0.4, -0.2) is 94.5 Å². The molecule has 3 rings (SSSR count). The highest BCUT2D eigenvalue weighted by Crippen LogP contribution is 2.27. The molecule has 2 fully saturated rings. The van der Waals surface area contributed by atoms with Gasteiger partial charge in [-0.3, -0.25) is 14.4 Å². The summed E-state index contributed by atoms with van der Waals surface area (Å²) in [4.78, 5) is 19.8. The summed E-state index contributed by atoms with van der Waals surface area (Å²) in [6, 6.07) is 2.51. The van der Waals surface area contributed by atoms with Crippen molar-refractivity contribution in [3.8, 4) is 0 Å². The Kier molecular flexibility index (Phi) is 7.26. The van der Waals surface area contributed by atoms with Crippen LogP contribution in [0.1, 0.15) is 31.4 Å². The van der Waals surface area contributed by atoms with Crippen molar-refractivity contribution in [2.75, 3.05) is 52.9 Å². The summed E-state index contributed by atoms with van der Waals surface area (Å²) >= 11 is 0. The number of amides is 1. The van der Waals surface area contributed by atoms with Crippen LogP contribution in [0.25, 0.3) is 0 Å². The van der Waals surface area contributed by atoms with Gasteiger partial charge in [0.15, 0.2) is 0 Å². The predicted molar refractivity (Wildman–Crippen MR) is 105 cm³/mol. The lowest BCUT2D eigenvalue weighted by atomic mass is 9.86. The number of aromatic nitrogens is 2. The summed E-state index contributed by atoms with van der Waals surface area (Å²) < 4.78 is 1.90. The highest BCUT2D eigenvalue weighted by atomic mass is 16.3. The standard InChI is InChI=1S/C20H35N5O2/c1-17-5-8-21-25(17)10-7-20(27)24-9-6-19(18(16-24)4-3-15-26)23-13-11-22(2)12-14-23/h5,8,18-19,26H,3-4,6-7,9-16H2,1-2H3/t18-,19+/m0/s1. The highest BCUT2D eigenvalue weighted by molar-refractivity contribution is 5.76. The molecule has 0 spiro atoms. The van der Waals surface area contributed by atoms with Gasteiger partial charge in [0.25, 0.3) is 0 Å².